The van der Waals surface area contributed by atoms with Crippen molar-refractivity contribution in [2.24, 2.45) is 0 Å². The number of rotatable bonds is 6. The zero-order valence-electron chi connectivity index (χ0n) is 33.1. The van der Waals surface area contributed by atoms with E-state index >= 15 is 0 Å². The highest BCUT2D eigenvalue weighted by Crippen LogP contribution is 2.41. The third kappa shape index (κ3) is 5.96. The van der Waals surface area contributed by atoms with E-state index in [-0.39, 0.29) is 0 Å². The summed E-state index contributed by atoms with van der Waals surface area (Å²) < 4.78 is 2.44. The zero-order chi connectivity index (χ0) is 40.3. The summed E-state index contributed by atoms with van der Waals surface area (Å²) in [5.41, 5.74) is 10.7. The maximum atomic E-state index is 5.38. The molecule has 0 fully saturated rings. The van der Waals surface area contributed by atoms with E-state index in [0.717, 1.165) is 71.8 Å². The molecule has 12 aromatic rings. The van der Waals surface area contributed by atoms with Crippen molar-refractivity contribution in [2.75, 3.05) is 0 Å². The Balaban J connectivity index is 1.14. The summed E-state index contributed by atoms with van der Waals surface area (Å²) >= 11 is 0. The van der Waals surface area contributed by atoms with Crippen molar-refractivity contribution >= 4 is 54.1 Å². The van der Waals surface area contributed by atoms with E-state index in [0.29, 0.717) is 17.5 Å². The molecule has 0 bridgehead atoms. The van der Waals surface area contributed by atoms with Crippen molar-refractivity contribution in [3.8, 4) is 62.1 Å². The summed E-state index contributed by atoms with van der Waals surface area (Å²) in [6, 6.07) is 77.7. The molecule has 0 spiro atoms. The standard InChI is InChI=1S/C57H36N4/c1-3-15-37(16-4-1)43-29-30-46-49(31-32-53(50(46)35-43)61-52-26-14-13-24-47(52)51-34-41-21-9-10-22-42(41)36-54(51)61)57-59-55(44-28-27-38-17-7-8-20-40(38)33-44)58-56(60-57)48-25-12-11-23-45(48)39-18-5-2-6-19-39/h1-36H. The number of hydrogen-bond donors (Lipinski definition) is 0. The van der Waals surface area contributed by atoms with Crippen molar-refractivity contribution in [3.05, 3.63) is 218 Å². The molecule has 0 aliphatic heterocycles. The number of aromatic nitrogens is 4. The van der Waals surface area contributed by atoms with Crippen LogP contribution >= 0.6 is 0 Å². The highest BCUT2D eigenvalue weighted by Gasteiger charge is 2.21. The van der Waals surface area contributed by atoms with Crippen LogP contribution in [0.5, 0.6) is 0 Å². The first-order chi connectivity index (χ1) is 30.2. The van der Waals surface area contributed by atoms with Gasteiger partial charge in [-0.3, -0.25) is 0 Å². The summed E-state index contributed by atoms with van der Waals surface area (Å²) in [5.74, 6) is 1.87. The number of para-hydroxylation sites is 1. The molecule has 4 heteroatoms. The maximum absolute atomic E-state index is 5.38. The van der Waals surface area contributed by atoms with Crippen LogP contribution in [0.25, 0.3) is 116 Å². The molecule has 0 N–H and O–H groups in total. The summed E-state index contributed by atoms with van der Waals surface area (Å²) in [6.45, 7) is 0. The minimum Gasteiger partial charge on any atom is -0.309 e. The average molecular weight is 777 g/mol. The van der Waals surface area contributed by atoms with Gasteiger partial charge in [-0.25, -0.2) is 15.0 Å². The average Bonchev–Trinajstić information content (AvgIpc) is 3.65. The molecule has 4 nitrogen and oxygen atoms in total. The van der Waals surface area contributed by atoms with Crippen LogP contribution in [-0.4, -0.2) is 19.5 Å². The van der Waals surface area contributed by atoms with E-state index in [1.54, 1.807) is 0 Å². The van der Waals surface area contributed by atoms with Crippen molar-refractivity contribution in [2.45, 2.75) is 0 Å². The second-order valence-electron chi connectivity index (χ2n) is 15.6. The van der Waals surface area contributed by atoms with Crippen molar-refractivity contribution in [1.82, 2.24) is 19.5 Å². The highest BCUT2D eigenvalue weighted by molar-refractivity contribution is 6.15. The third-order valence-corrected chi connectivity index (χ3v) is 12.0. The van der Waals surface area contributed by atoms with E-state index < -0.39 is 0 Å². The molecule has 2 aromatic heterocycles. The molecule has 0 unspecified atom stereocenters. The van der Waals surface area contributed by atoms with Crippen molar-refractivity contribution < 1.29 is 0 Å². The Hall–Kier alpha value is -8.21. The fourth-order valence-corrected chi connectivity index (χ4v) is 9.07. The Morgan fingerprint density at radius 2 is 0.852 bits per heavy atom. The topological polar surface area (TPSA) is 43.6 Å². The summed E-state index contributed by atoms with van der Waals surface area (Å²) in [6.07, 6.45) is 0. The number of hydrogen-bond acceptors (Lipinski definition) is 3. The first-order valence-electron chi connectivity index (χ1n) is 20.7. The van der Waals surface area contributed by atoms with Gasteiger partial charge in [0.1, 0.15) is 0 Å². The van der Waals surface area contributed by atoms with Gasteiger partial charge >= 0.3 is 0 Å². The van der Waals surface area contributed by atoms with Crippen LogP contribution in [0.3, 0.4) is 0 Å². The van der Waals surface area contributed by atoms with Crippen LogP contribution in [0.1, 0.15) is 0 Å². The first kappa shape index (κ1) is 34.8. The Morgan fingerprint density at radius 3 is 1.64 bits per heavy atom. The Labute approximate surface area is 352 Å². The molecule has 0 aliphatic carbocycles. The summed E-state index contributed by atoms with van der Waals surface area (Å²) in [7, 11) is 0. The molecule has 61 heavy (non-hydrogen) atoms. The summed E-state index contributed by atoms with van der Waals surface area (Å²) in [5, 5.41) is 9.35. The number of benzene rings is 10. The van der Waals surface area contributed by atoms with Gasteiger partial charge in [0.15, 0.2) is 17.5 Å². The zero-order valence-corrected chi connectivity index (χ0v) is 33.1. The lowest BCUT2D eigenvalue weighted by molar-refractivity contribution is 1.08. The molecular weight excluding hydrogens is 741 g/mol. The molecule has 284 valence electrons. The van der Waals surface area contributed by atoms with Crippen molar-refractivity contribution in [3.63, 3.8) is 0 Å². The van der Waals surface area contributed by atoms with Gasteiger partial charge in [0.2, 0.25) is 0 Å². The molecule has 12 rings (SSSR count). The quantitative estimate of drug-likeness (QED) is 0.169. The van der Waals surface area contributed by atoms with Crippen LogP contribution < -0.4 is 0 Å². The first-order valence-corrected chi connectivity index (χ1v) is 20.7. The smallest absolute Gasteiger partial charge is 0.164 e. The Morgan fingerprint density at radius 1 is 0.262 bits per heavy atom. The van der Waals surface area contributed by atoms with Gasteiger partial charge in [-0.15, -0.1) is 0 Å². The third-order valence-electron chi connectivity index (χ3n) is 12.0. The van der Waals surface area contributed by atoms with Crippen LogP contribution in [0.15, 0.2) is 218 Å². The van der Waals surface area contributed by atoms with Crippen LogP contribution in [0.2, 0.25) is 0 Å². The van der Waals surface area contributed by atoms with Gasteiger partial charge in [0.05, 0.1) is 16.7 Å². The van der Waals surface area contributed by atoms with Gasteiger partial charge in [0, 0.05) is 32.8 Å². The second-order valence-corrected chi connectivity index (χ2v) is 15.6. The fourth-order valence-electron chi connectivity index (χ4n) is 9.07. The van der Waals surface area contributed by atoms with Crippen LogP contribution in [0, 0.1) is 0 Å². The second kappa shape index (κ2) is 14.3. The van der Waals surface area contributed by atoms with Gasteiger partial charge < -0.3 is 4.57 Å². The van der Waals surface area contributed by atoms with Gasteiger partial charge in [-0.1, -0.05) is 176 Å². The van der Waals surface area contributed by atoms with Gasteiger partial charge in [-0.2, -0.15) is 0 Å². The SMILES string of the molecule is c1ccc(-c2ccc3c(-c4nc(-c5ccc6ccccc6c5)nc(-c5ccccc5-c5ccccc5)n4)ccc(-n4c5ccccc5c5cc6ccccc6cc54)c3c2)cc1. The Kier molecular flexibility index (Phi) is 8.13. The predicted molar refractivity (Wildman–Crippen MR) is 254 cm³/mol. The molecular formula is C57H36N4. The molecule has 0 saturated carbocycles. The molecule has 0 saturated heterocycles. The largest absolute Gasteiger partial charge is 0.309 e. The fraction of sp³-hybridized carbons (Fsp3) is 0. The lowest BCUT2D eigenvalue weighted by Gasteiger charge is -2.17. The van der Waals surface area contributed by atoms with Gasteiger partial charge in [-0.05, 0) is 91.6 Å². The lowest BCUT2D eigenvalue weighted by Crippen LogP contribution is -2.02. The molecule has 0 amide bonds. The van der Waals surface area contributed by atoms with E-state index in [1.807, 2.05) is 6.07 Å². The predicted octanol–water partition coefficient (Wildman–Crippen LogP) is 14.8. The molecule has 0 atom stereocenters. The minimum atomic E-state index is 0.619. The summed E-state index contributed by atoms with van der Waals surface area (Å²) in [4.78, 5) is 16.0. The molecule has 0 aliphatic rings. The lowest BCUT2D eigenvalue weighted by atomic mass is 9.96. The maximum Gasteiger partial charge on any atom is 0.164 e. The molecule has 10 aromatic carbocycles. The van der Waals surface area contributed by atoms with Crippen LogP contribution in [0.4, 0.5) is 0 Å². The number of nitrogens with zero attached hydrogens (tertiary/aromatic N) is 4. The van der Waals surface area contributed by atoms with E-state index in [4.69, 9.17) is 15.0 Å². The van der Waals surface area contributed by atoms with E-state index in [9.17, 15) is 0 Å². The number of fused-ring (bicyclic) bond motifs is 6. The van der Waals surface area contributed by atoms with Gasteiger partial charge in [0.25, 0.3) is 0 Å². The highest BCUT2D eigenvalue weighted by atomic mass is 15.0. The van der Waals surface area contributed by atoms with E-state index in [2.05, 4.69) is 217 Å². The normalized spacial score (nSPS) is 11.6. The van der Waals surface area contributed by atoms with E-state index in [1.165, 1.54) is 26.9 Å². The van der Waals surface area contributed by atoms with Crippen molar-refractivity contribution in [1.29, 1.82) is 0 Å². The minimum absolute atomic E-state index is 0.619. The monoisotopic (exact) mass is 776 g/mol. The molecule has 0 radical (unpaired) electrons. The Bertz CT molecular complexity index is 3650. The van der Waals surface area contributed by atoms with Crippen LogP contribution in [-0.2, 0) is 0 Å². The molecule has 2 heterocycles.